The molecule has 0 N–H and O–H groups in total. The SMILES string of the molecule is CCCn1c(C(CC)N(CCCOC)C(=O)c2cccc(OC)c2)nc2ccccc2c1=O. The first-order chi connectivity index (χ1) is 16.0. The molecule has 0 aliphatic rings. The first-order valence-electron chi connectivity index (χ1n) is 11.5. The van der Waals surface area contributed by atoms with E-state index in [4.69, 9.17) is 14.5 Å². The van der Waals surface area contributed by atoms with Gasteiger partial charge in [0.05, 0.1) is 24.1 Å². The fourth-order valence-corrected chi connectivity index (χ4v) is 4.12. The molecule has 0 aliphatic carbocycles. The molecule has 0 saturated heterocycles. The van der Waals surface area contributed by atoms with E-state index >= 15 is 0 Å². The fourth-order valence-electron chi connectivity index (χ4n) is 4.12. The van der Waals surface area contributed by atoms with E-state index in [1.54, 1.807) is 37.0 Å². The van der Waals surface area contributed by atoms with Crippen LogP contribution in [0.4, 0.5) is 0 Å². The van der Waals surface area contributed by atoms with Crippen molar-refractivity contribution in [3.05, 3.63) is 70.3 Å². The number of benzene rings is 2. The van der Waals surface area contributed by atoms with Crippen LogP contribution in [0.15, 0.2) is 53.3 Å². The molecule has 1 heterocycles. The topological polar surface area (TPSA) is 73.7 Å². The molecule has 3 aromatic rings. The third kappa shape index (κ3) is 5.42. The number of aromatic nitrogens is 2. The highest BCUT2D eigenvalue weighted by molar-refractivity contribution is 5.95. The van der Waals surface area contributed by atoms with E-state index in [9.17, 15) is 9.59 Å². The molecule has 1 aromatic heterocycles. The van der Waals surface area contributed by atoms with Crippen LogP contribution in [0.3, 0.4) is 0 Å². The van der Waals surface area contributed by atoms with Crippen LogP contribution in [0.1, 0.15) is 55.3 Å². The van der Waals surface area contributed by atoms with Crippen LogP contribution >= 0.6 is 0 Å². The van der Waals surface area contributed by atoms with Crippen molar-refractivity contribution in [3.8, 4) is 5.75 Å². The summed E-state index contributed by atoms with van der Waals surface area (Å²) in [5, 5.41) is 0.592. The van der Waals surface area contributed by atoms with Gasteiger partial charge in [-0.1, -0.05) is 32.0 Å². The van der Waals surface area contributed by atoms with Gasteiger partial charge >= 0.3 is 0 Å². The number of carbonyl (C=O) groups is 1. The number of ether oxygens (including phenoxy) is 2. The van der Waals surface area contributed by atoms with E-state index < -0.39 is 0 Å². The highest BCUT2D eigenvalue weighted by Gasteiger charge is 2.29. The normalized spacial score (nSPS) is 12.0. The van der Waals surface area contributed by atoms with Crippen LogP contribution in [-0.4, -0.2) is 47.7 Å². The minimum atomic E-state index is -0.357. The summed E-state index contributed by atoms with van der Waals surface area (Å²) >= 11 is 0. The molecule has 7 heteroatoms. The van der Waals surface area contributed by atoms with Crippen LogP contribution in [0.5, 0.6) is 5.75 Å². The summed E-state index contributed by atoms with van der Waals surface area (Å²) in [7, 11) is 3.23. The summed E-state index contributed by atoms with van der Waals surface area (Å²) in [5.41, 5.74) is 1.12. The number of fused-ring (bicyclic) bond motifs is 1. The van der Waals surface area contributed by atoms with E-state index in [-0.39, 0.29) is 17.5 Å². The largest absolute Gasteiger partial charge is 0.497 e. The van der Waals surface area contributed by atoms with Crippen molar-refractivity contribution in [1.29, 1.82) is 0 Å². The minimum absolute atomic E-state index is 0.0680. The van der Waals surface area contributed by atoms with Gasteiger partial charge in [-0.05, 0) is 49.6 Å². The summed E-state index contributed by atoms with van der Waals surface area (Å²) in [4.78, 5) is 33.8. The Morgan fingerprint density at radius 3 is 2.61 bits per heavy atom. The molecular formula is C26H33N3O4. The lowest BCUT2D eigenvalue weighted by molar-refractivity contribution is 0.0631. The van der Waals surface area contributed by atoms with Crippen molar-refractivity contribution in [2.24, 2.45) is 0 Å². The number of rotatable bonds is 11. The lowest BCUT2D eigenvalue weighted by Crippen LogP contribution is -2.39. The molecule has 0 radical (unpaired) electrons. The molecular weight excluding hydrogens is 418 g/mol. The second-order valence-corrected chi connectivity index (χ2v) is 7.94. The summed E-state index contributed by atoms with van der Waals surface area (Å²) < 4.78 is 12.3. The smallest absolute Gasteiger partial charge is 0.261 e. The number of hydrogen-bond donors (Lipinski definition) is 0. The monoisotopic (exact) mass is 451 g/mol. The van der Waals surface area contributed by atoms with Gasteiger partial charge in [0, 0.05) is 32.4 Å². The number of hydrogen-bond acceptors (Lipinski definition) is 5. The van der Waals surface area contributed by atoms with Gasteiger partial charge in [0.1, 0.15) is 11.6 Å². The zero-order valence-corrected chi connectivity index (χ0v) is 19.9. The van der Waals surface area contributed by atoms with Crippen LogP contribution in [0.2, 0.25) is 0 Å². The fraction of sp³-hybridized carbons (Fsp3) is 0.423. The number of nitrogens with zero attached hydrogens (tertiary/aromatic N) is 3. The van der Waals surface area contributed by atoms with Crippen molar-refractivity contribution in [3.63, 3.8) is 0 Å². The van der Waals surface area contributed by atoms with Crippen molar-refractivity contribution >= 4 is 16.8 Å². The van der Waals surface area contributed by atoms with Gasteiger partial charge in [-0.15, -0.1) is 0 Å². The molecule has 2 aromatic carbocycles. The van der Waals surface area contributed by atoms with E-state index in [0.29, 0.717) is 60.6 Å². The number of carbonyl (C=O) groups excluding carboxylic acids is 1. The predicted molar refractivity (Wildman–Crippen MR) is 130 cm³/mol. The number of para-hydroxylation sites is 1. The van der Waals surface area contributed by atoms with Crippen molar-refractivity contribution < 1.29 is 14.3 Å². The molecule has 0 saturated carbocycles. The van der Waals surface area contributed by atoms with Gasteiger partial charge in [-0.25, -0.2) is 4.98 Å². The zero-order chi connectivity index (χ0) is 23.8. The van der Waals surface area contributed by atoms with E-state index in [0.717, 1.165) is 6.42 Å². The van der Waals surface area contributed by atoms with Gasteiger partial charge in [0.2, 0.25) is 0 Å². The molecule has 0 spiro atoms. The Kier molecular flexibility index (Phi) is 8.60. The zero-order valence-electron chi connectivity index (χ0n) is 19.9. The van der Waals surface area contributed by atoms with Crippen molar-refractivity contribution in [2.45, 2.75) is 45.7 Å². The molecule has 0 bridgehead atoms. The standard InChI is InChI=1S/C26H33N3O4/c1-5-15-29-24(27-22-14-8-7-13-21(22)26(29)31)23(6-2)28(16-10-17-32-3)25(30)19-11-9-12-20(18-19)33-4/h7-9,11-14,18,23H,5-6,10,15-17H2,1-4H3. The highest BCUT2D eigenvalue weighted by Crippen LogP contribution is 2.27. The molecule has 33 heavy (non-hydrogen) atoms. The maximum Gasteiger partial charge on any atom is 0.261 e. The van der Waals surface area contributed by atoms with E-state index in [1.165, 1.54) is 0 Å². The summed E-state index contributed by atoms with van der Waals surface area (Å²) in [5.74, 6) is 1.12. The molecule has 3 rings (SSSR count). The average Bonchev–Trinajstić information content (AvgIpc) is 2.85. The lowest BCUT2D eigenvalue weighted by atomic mass is 10.1. The average molecular weight is 452 g/mol. The summed E-state index contributed by atoms with van der Waals surface area (Å²) in [6.07, 6.45) is 2.09. The highest BCUT2D eigenvalue weighted by atomic mass is 16.5. The van der Waals surface area contributed by atoms with Crippen molar-refractivity contribution in [2.75, 3.05) is 27.4 Å². The van der Waals surface area contributed by atoms with Gasteiger partial charge in [-0.2, -0.15) is 0 Å². The second kappa shape index (κ2) is 11.6. The first kappa shape index (κ1) is 24.5. The van der Waals surface area contributed by atoms with E-state index in [1.807, 2.05) is 49.1 Å². The Balaban J connectivity index is 2.13. The second-order valence-electron chi connectivity index (χ2n) is 7.94. The third-order valence-corrected chi connectivity index (χ3v) is 5.72. The van der Waals surface area contributed by atoms with Gasteiger partial charge in [-0.3, -0.25) is 14.2 Å². The van der Waals surface area contributed by atoms with Gasteiger partial charge in [0.25, 0.3) is 11.5 Å². The third-order valence-electron chi connectivity index (χ3n) is 5.72. The van der Waals surface area contributed by atoms with Crippen molar-refractivity contribution in [1.82, 2.24) is 14.5 Å². The lowest BCUT2D eigenvalue weighted by Gasteiger charge is -2.32. The summed E-state index contributed by atoms with van der Waals surface area (Å²) in [6, 6.07) is 14.2. The first-order valence-corrected chi connectivity index (χ1v) is 11.5. The Hall–Kier alpha value is -3.19. The van der Waals surface area contributed by atoms with Crippen LogP contribution in [-0.2, 0) is 11.3 Å². The Morgan fingerprint density at radius 1 is 1.12 bits per heavy atom. The van der Waals surface area contributed by atoms with Crippen LogP contribution in [0, 0.1) is 0 Å². The molecule has 0 fully saturated rings. The van der Waals surface area contributed by atoms with Crippen LogP contribution < -0.4 is 10.3 Å². The Bertz CT molecular complexity index is 1140. The molecule has 7 nitrogen and oxygen atoms in total. The predicted octanol–water partition coefficient (Wildman–Crippen LogP) is 4.45. The number of amides is 1. The number of methoxy groups -OCH3 is 2. The maximum atomic E-state index is 13.7. The van der Waals surface area contributed by atoms with Gasteiger partial charge < -0.3 is 14.4 Å². The molecule has 176 valence electrons. The minimum Gasteiger partial charge on any atom is -0.497 e. The molecule has 1 atom stereocenters. The molecule has 0 aliphatic heterocycles. The molecule has 1 unspecified atom stereocenters. The quantitative estimate of drug-likeness (QED) is 0.403. The van der Waals surface area contributed by atoms with Gasteiger partial charge in [0.15, 0.2) is 0 Å². The van der Waals surface area contributed by atoms with E-state index in [2.05, 4.69) is 0 Å². The summed E-state index contributed by atoms with van der Waals surface area (Å²) in [6.45, 7) is 5.61. The Labute approximate surface area is 195 Å². The Morgan fingerprint density at radius 2 is 1.91 bits per heavy atom. The molecule has 1 amide bonds. The van der Waals surface area contributed by atoms with Crippen LogP contribution in [0.25, 0.3) is 10.9 Å². The maximum absolute atomic E-state index is 13.7.